The summed E-state index contributed by atoms with van der Waals surface area (Å²) >= 11 is 1.56. The number of hydrogen-bond donors (Lipinski definition) is 4. The molecule has 0 aliphatic carbocycles. The monoisotopic (exact) mass is 1250 g/mol. The molecule has 0 radical (unpaired) electrons. The first kappa shape index (κ1) is 53.2. The number of carbonyl (C=O) groups is 5. The van der Waals surface area contributed by atoms with E-state index < -0.39 is 53.0 Å². The Labute approximate surface area is 427 Å². The van der Waals surface area contributed by atoms with Crippen LogP contribution in [0.4, 0.5) is 15.8 Å². The van der Waals surface area contributed by atoms with E-state index in [4.69, 9.17) is 4.74 Å². The molecular weight excluding hydrogens is 1200 g/mol. The van der Waals surface area contributed by atoms with E-state index in [9.17, 15) is 33.5 Å². The number of ether oxygens (including phenoxy) is 1. The smallest absolute Gasteiger partial charge is 0.274 e. The maximum absolute atomic E-state index is 14.9. The third-order valence-electron chi connectivity index (χ3n) is 12.9. The number of β-amino-alcohol motifs (C(OH)–C–C–N with tert-alkyl or cyclic N) is 1. The van der Waals surface area contributed by atoms with Gasteiger partial charge in [-0.2, -0.15) is 0 Å². The van der Waals surface area contributed by atoms with Gasteiger partial charge in [-0.1, -0.05) is 81.2 Å². The molecule has 17 nitrogen and oxygen atoms in total. The number of likely N-dealkylation sites (tertiary alicyclic amines) is 1. The topological polar surface area (TPSA) is 212 Å². The molecule has 4 N–H and O–H groups in total. The number of halogens is 1. The zero-order chi connectivity index (χ0) is 51.8. The Bertz CT molecular complexity index is 2970. The molecule has 8 rings (SSSR count). The number of aliphatic hydroxyl groups excluding tert-OH is 1. The van der Waals surface area contributed by atoms with E-state index in [0.29, 0.717) is 37.6 Å². The number of nitrogens with zero attached hydrogens (tertiary/aromatic N) is 7. The molecule has 3 aromatic carbocycles. The Morgan fingerprint density at radius 1 is 0.959 bits per heavy atom. The van der Waals surface area contributed by atoms with Crippen LogP contribution in [0.25, 0.3) is 33.0 Å². The summed E-state index contributed by atoms with van der Waals surface area (Å²) in [4.78, 5) is 92.0. The SMILES string of the molecule is COc1cccc(F)c1-c1nccc(C(=O)Nc2ccc(-c3[c-]ccnc3)cc2N2CCN(C(=O)CCCC(=O)N[C@H](C(=O)N3C[C@H](O)C[C@H]3C(=O)NCc3ccc(-c4scnc4C)cc3)C(C)(C)C)CC2)n1.[Cm]. The molecule has 6 aromatic rings. The number of benzene rings is 3. The van der Waals surface area contributed by atoms with Gasteiger partial charge in [0.25, 0.3) is 5.91 Å². The van der Waals surface area contributed by atoms with E-state index in [1.165, 1.54) is 36.4 Å². The van der Waals surface area contributed by atoms with Gasteiger partial charge in [0, 0.05) is 64.7 Å². The van der Waals surface area contributed by atoms with Crippen molar-refractivity contribution in [2.45, 2.75) is 78.1 Å². The average Bonchev–Trinajstić information content (AvgIpc) is 4.02. The maximum Gasteiger partial charge on any atom is 0.274 e. The molecule has 3 atom stereocenters. The van der Waals surface area contributed by atoms with Gasteiger partial charge < -0.3 is 45.5 Å². The minimum atomic E-state index is -1.00. The largest absolute Gasteiger partial charge is 0.496 e. The van der Waals surface area contributed by atoms with Gasteiger partial charge in [0.1, 0.15) is 29.3 Å². The number of nitrogens with one attached hydrogen (secondary N) is 3. The fourth-order valence-electron chi connectivity index (χ4n) is 9.00. The second kappa shape index (κ2) is 23.3. The molecule has 74 heavy (non-hydrogen) atoms. The number of hydrogen-bond acceptors (Lipinski definition) is 13. The zero-order valence-electron chi connectivity index (χ0n) is 41.7. The van der Waals surface area contributed by atoms with Crippen molar-refractivity contribution < 1.29 is 38.2 Å². The van der Waals surface area contributed by atoms with Gasteiger partial charge in [-0.25, -0.2) is 19.3 Å². The maximum atomic E-state index is 14.9. The number of aromatic nitrogens is 4. The third kappa shape index (κ3) is 12.3. The number of methoxy groups -OCH3 is 1. The molecule has 2 aliphatic heterocycles. The first-order chi connectivity index (χ1) is 35.1. The summed E-state index contributed by atoms with van der Waals surface area (Å²) in [5.41, 5.74) is 6.68. The van der Waals surface area contributed by atoms with Crippen molar-refractivity contribution in [1.82, 2.24) is 40.4 Å². The number of pyridine rings is 1. The predicted octanol–water partition coefficient (Wildman–Crippen LogP) is 6.47. The number of amides is 5. The molecule has 3 aromatic heterocycles. The molecule has 0 unspecified atom stereocenters. The van der Waals surface area contributed by atoms with Crippen LogP contribution in [0.1, 0.15) is 68.2 Å². The zero-order valence-corrected chi connectivity index (χ0v) is 45.5. The second-order valence-electron chi connectivity index (χ2n) is 19.1. The van der Waals surface area contributed by atoms with Crippen LogP contribution in [-0.4, -0.2) is 122 Å². The summed E-state index contributed by atoms with van der Waals surface area (Å²) in [6, 6.07) is 22.1. The van der Waals surface area contributed by atoms with Crippen molar-refractivity contribution in [3.8, 4) is 38.7 Å². The van der Waals surface area contributed by atoms with Gasteiger partial charge in [-0.05, 0) is 54.2 Å². The van der Waals surface area contributed by atoms with Gasteiger partial charge >= 0.3 is 0 Å². The summed E-state index contributed by atoms with van der Waals surface area (Å²) in [7, 11) is 1.41. The molecule has 0 spiro atoms. The van der Waals surface area contributed by atoms with Gasteiger partial charge in [-0.15, -0.1) is 29.0 Å². The van der Waals surface area contributed by atoms with E-state index in [2.05, 4.69) is 46.9 Å². The minimum absolute atomic E-state index is 0. The van der Waals surface area contributed by atoms with E-state index in [1.54, 1.807) is 52.3 Å². The van der Waals surface area contributed by atoms with Gasteiger partial charge in [0.05, 0.1) is 46.2 Å². The van der Waals surface area contributed by atoms with E-state index in [1.807, 2.05) is 64.1 Å². The average molecular weight is 1260 g/mol. The number of aryl methyl sites for hydroxylation is 1. The van der Waals surface area contributed by atoms with Crippen LogP contribution in [0.15, 0.2) is 96.9 Å². The van der Waals surface area contributed by atoms with Gasteiger partial charge in [0.2, 0.25) is 23.6 Å². The first-order valence-electron chi connectivity index (χ1n) is 24.1. The molecule has 5 heterocycles. The number of carbonyl (C=O) groups excluding carboxylic acids is 5. The number of thiazole rings is 1. The minimum Gasteiger partial charge on any atom is -0.496 e. The van der Waals surface area contributed by atoms with Crippen molar-refractivity contribution in [2.75, 3.05) is 50.1 Å². The van der Waals surface area contributed by atoms with Gasteiger partial charge in [-0.3, -0.25) is 24.0 Å². The molecule has 0 bridgehead atoms. The Morgan fingerprint density at radius 3 is 2.41 bits per heavy atom. The van der Waals surface area contributed by atoms with Crippen LogP contribution >= 0.6 is 11.3 Å². The Kier molecular flexibility index (Phi) is 16.7. The first-order valence-corrected chi connectivity index (χ1v) is 25.0. The molecule has 2 fully saturated rings. The van der Waals surface area contributed by atoms with Crippen molar-refractivity contribution in [2.24, 2.45) is 5.41 Å². The number of rotatable bonds is 16. The molecule has 5 amide bonds. The molecule has 388 valence electrons. The fraction of sp³-hybridized carbons (Fsp3) is 0.352. The number of piperazine rings is 1. The second-order valence-corrected chi connectivity index (χ2v) is 19.9. The molecular formula is C54H58CmFN10O7S-. The molecule has 2 saturated heterocycles. The predicted molar refractivity (Wildman–Crippen MR) is 275 cm³/mol. The van der Waals surface area contributed by atoms with E-state index in [-0.39, 0.29) is 67.5 Å². The third-order valence-corrected chi connectivity index (χ3v) is 13.9. The van der Waals surface area contributed by atoms with E-state index in [0.717, 1.165) is 32.8 Å². The molecule has 2 aliphatic rings. The summed E-state index contributed by atoms with van der Waals surface area (Å²) in [5, 5.41) is 19.5. The Hall–Kier alpha value is -8.64. The van der Waals surface area contributed by atoms with Crippen LogP contribution in [0, 0.1) is 24.2 Å². The van der Waals surface area contributed by atoms with Crippen molar-refractivity contribution in [1.29, 1.82) is 0 Å². The van der Waals surface area contributed by atoms with Crippen LogP contribution in [0.2, 0.25) is 0 Å². The molecule has 0 saturated carbocycles. The summed E-state index contributed by atoms with van der Waals surface area (Å²) in [6.07, 6.45) is 4.19. The summed E-state index contributed by atoms with van der Waals surface area (Å²) in [5.74, 6) is -2.33. The summed E-state index contributed by atoms with van der Waals surface area (Å²) in [6.45, 7) is 9.22. The summed E-state index contributed by atoms with van der Waals surface area (Å²) < 4.78 is 20.3. The Morgan fingerprint density at radius 2 is 1.72 bits per heavy atom. The van der Waals surface area contributed by atoms with Gasteiger partial charge in [0.15, 0.2) is 5.82 Å². The standard InChI is InChI=1S/C54H58FN10O7S.Cm/c1-33-48(73-32-59-33)35-16-14-34(15-17-35)29-58-52(70)43-28-38(66)31-65(43)53(71)49(54(2,3)4)62-45(67)12-7-13-46(68)64-25-23-63(24-26-64)42-27-36(37-9-8-21-56-30-37)18-19-40(42)61-51(69)41-20-22-57-50(60-41)47-39(55)10-6-11-44(47)72-5;/h6,8,10-11,14-22,27,30,32,38,43,49,66H,7,12-13,23-26,28-29,31H2,1-5H3,(H,58,70)(H,61,69)(H,62,67);/q-1;/t38-,43+,49-;/m1./s1. The quantitative estimate of drug-likeness (QED) is 0.0769. The number of aliphatic hydroxyl groups is 1. The van der Waals surface area contributed by atoms with Crippen LogP contribution in [-0.2, 0) is 25.7 Å². The van der Waals surface area contributed by atoms with Crippen LogP contribution in [0.5, 0.6) is 5.75 Å². The van der Waals surface area contributed by atoms with Crippen molar-refractivity contribution >= 4 is 52.2 Å². The van der Waals surface area contributed by atoms with Crippen molar-refractivity contribution in [3.05, 3.63) is 126 Å². The normalized spacial score (nSPS) is 16.0. The van der Waals surface area contributed by atoms with E-state index >= 15 is 0 Å². The molecule has 20 heteroatoms. The van der Waals surface area contributed by atoms with Crippen LogP contribution < -0.4 is 25.6 Å². The fourth-order valence-corrected chi connectivity index (χ4v) is 9.81. The van der Waals surface area contributed by atoms with Crippen LogP contribution in [0.3, 0.4) is 0 Å². The Balaban J connectivity index is 0.00000800. The van der Waals surface area contributed by atoms with Crippen molar-refractivity contribution in [3.63, 3.8) is 0 Å². The number of anilines is 2.